The summed E-state index contributed by atoms with van der Waals surface area (Å²) in [5, 5.41) is 6.83. The smallest absolute Gasteiger partial charge is 0.260 e. The van der Waals surface area contributed by atoms with Crippen molar-refractivity contribution in [3.05, 3.63) is 29.8 Å². The van der Waals surface area contributed by atoms with E-state index in [1.165, 1.54) is 12.8 Å². The minimum absolute atomic E-state index is 0.00559. The molecule has 0 atom stereocenters. The maximum absolute atomic E-state index is 13.0. The van der Waals surface area contributed by atoms with Crippen LogP contribution in [0.3, 0.4) is 0 Å². The lowest BCUT2D eigenvalue weighted by molar-refractivity contribution is -0.133. The van der Waals surface area contributed by atoms with Crippen molar-refractivity contribution in [1.29, 1.82) is 0 Å². The Morgan fingerprint density at radius 3 is 2.27 bits per heavy atom. The molecule has 2 heterocycles. The van der Waals surface area contributed by atoms with E-state index in [1.807, 2.05) is 17.0 Å². The number of para-hydroxylation sites is 1. The number of piperidine rings is 1. The SMILES string of the molecule is CC1(C)CC(NC(=O)c2ccccc2OCC(=O)N2CCCCCC2)CC(C)(C)N1. The predicted molar refractivity (Wildman–Crippen MR) is 119 cm³/mol. The van der Waals surface area contributed by atoms with Gasteiger partial charge in [0.25, 0.3) is 11.8 Å². The first-order valence-electron chi connectivity index (χ1n) is 11.3. The van der Waals surface area contributed by atoms with Gasteiger partial charge in [0.2, 0.25) is 0 Å². The van der Waals surface area contributed by atoms with Gasteiger partial charge < -0.3 is 20.3 Å². The minimum Gasteiger partial charge on any atom is -0.483 e. The number of amides is 2. The number of hydrogen-bond acceptors (Lipinski definition) is 4. The third-order valence-electron chi connectivity index (χ3n) is 5.97. The maximum atomic E-state index is 13.0. The second-order valence-electron chi connectivity index (χ2n) is 10.1. The molecule has 0 bridgehead atoms. The molecule has 2 N–H and O–H groups in total. The quantitative estimate of drug-likeness (QED) is 0.772. The van der Waals surface area contributed by atoms with Crippen molar-refractivity contribution in [2.45, 2.75) is 83.3 Å². The fourth-order valence-electron chi connectivity index (χ4n) is 5.02. The monoisotopic (exact) mass is 415 g/mol. The molecule has 1 aromatic rings. The van der Waals surface area contributed by atoms with Crippen molar-refractivity contribution >= 4 is 11.8 Å². The first-order valence-corrected chi connectivity index (χ1v) is 11.3. The zero-order valence-corrected chi connectivity index (χ0v) is 18.9. The van der Waals surface area contributed by atoms with Crippen LogP contribution in [0.25, 0.3) is 0 Å². The van der Waals surface area contributed by atoms with E-state index in [1.54, 1.807) is 12.1 Å². The van der Waals surface area contributed by atoms with Gasteiger partial charge in [0, 0.05) is 30.2 Å². The van der Waals surface area contributed by atoms with E-state index in [4.69, 9.17) is 4.74 Å². The predicted octanol–water partition coefficient (Wildman–Crippen LogP) is 3.51. The van der Waals surface area contributed by atoms with Gasteiger partial charge in [-0.3, -0.25) is 9.59 Å². The molecule has 3 rings (SSSR count). The van der Waals surface area contributed by atoms with Gasteiger partial charge in [-0.25, -0.2) is 0 Å². The number of carbonyl (C=O) groups is 2. The molecule has 6 nitrogen and oxygen atoms in total. The molecule has 2 aliphatic heterocycles. The van der Waals surface area contributed by atoms with Crippen LogP contribution in [0.15, 0.2) is 24.3 Å². The second-order valence-corrected chi connectivity index (χ2v) is 10.1. The molecule has 0 spiro atoms. The Morgan fingerprint density at radius 1 is 1.03 bits per heavy atom. The highest BCUT2D eigenvalue weighted by Crippen LogP contribution is 2.29. The molecule has 6 heteroatoms. The summed E-state index contributed by atoms with van der Waals surface area (Å²) in [6.45, 7) is 10.2. The molecule has 0 aromatic heterocycles. The van der Waals surface area contributed by atoms with Crippen LogP contribution in [-0.2, 0) is 4.79 Å². The fraction of sp³-hybridized carbons (Fsp3) is 0.667. The largest absolute Gasteiger partial charge is 0.483 e. The van der Waals surface area contributed by atoms with Gasteiger partial charge in [-0.05, 0) is 65.5 Å². The number of carbonyl (C=O) groups excluding carboxylic acids is 2. The average molecular weight is 416 g/mol. The highest BCUT2D eigenvalue weighted by atomic mass is 16.5. The molecule has 0 radical (unpaired) electrons. The molecule has 2 saturated heterocycles. The molecule has 0 unspecified atom stereocenters. The maximum Gasteiger partial charge on any atom is 0.260 e. The Morgan fingerprint density at radius 2 is 1.63 bits per heavy atom. The summed E-state index contributed by atoms with van der Waals surface area (Å²) in [5.41, 5.74) is 0.389. The zero-order valence-electron chi connectivity index (χ0n) is 18.9. The lowest BCUT2D eigenvalue weighted by Crippen LogP contribution is -2.62. The van der Waals surface area contributed by atoms with Gasteiger partial charge in [-0.2, -0.15) is 0 Å². The van der Waals surface area contributed by atoms with Crippen molar-refractivity contribution in [2.24, 2.45) is 0 Å². The van der Waals surface area contributed by atoms with Crippen LogP contribution in [-0.4, -0.2) is 53.5 Å². The number of rotatable bonds is 5. The standard InChI is InChI=1S/C24H37N3O3/c1-23(2)15-18(16-24(3,4)26-23)25-22(29)19-11-7-8-12-20(19)30-17-21(28)27-13-9-5-6-10-14-27/h7-8,11-12,18,26H,5-6,9-10,13-17H2,1-4H3,(H,25,29). The van der Waals surface area contributed by atoms with Crippen molar-refractivity contribution < 1.29 is 14.3 Å². The Balaban J connectivity index is 1.63. The van der Waals surface area contributed by atoms with Gasteiger partial charge in [-0.1, -0.05) is 25.0 Å². The van der Waals surface area contributed by atoms with E-state index in [9.17, 15) is 9.59 Å². The number of likely N-dealkylation sites (tertiary alicyclic amines) is 1. The van der Waals surface area contributed by atoms with Crippen LogP contribution in [0.5, 0.6) is 5.75 Å². The third-order valence-corrected chi connectivity index (χ3v) is 5.97. The van der Waals surface area contributed by atoms with Crippen LogP contribution in [0.4, 0.5) is 0 Å². The van der Waals surface area contributed by atoms with Gasteiger partial charge >= 0.3 is 0 Å². The average Bonchev–Trinajstić information content (AvgIpc) is 2.93. The number of ether oxygens (including phenoxy) is 1. The zero-order chi connectivity index (χ0) is 21.8. The van der Waals surface area contributed by atoms with E-state index in [0.29, 0.717) is 11.3 Å². The normalized spacial score (nSPS) is 21.5. The molecular formula is C24H37N3O3. The first kappa shape index (κ1) is 22.6. The van der Waals surface area contributed by atoms with Crippen molar-refractivity contribution in [3.8, 4) is 5.75 Å². The first-order chi connectivity index (χ1) is 14.2. The molecule has 2 aliphatic rings. The van der Waals surface area contributed by atoms with Gasteiger partial charge in [0.15, 0.2) is 6.61 Å². The topological polar surface area (TPSA) is 70.7 Å². The van der Waals surface area contributed by atoms with E-state index in [2.05, 4.69) is 38.3 Å². The summed E-state index contributed by atoms with van der Waals surface area (Å²) in [4.78, 5) is 27.5. The summed E-state index contributed by atoms with van der Waals surface area (Å²) in [6, 6.07) is 7.27. The van der Waals surface area contributed by atoms with Crippen LogP contribution in [0.2, 0.25) is 0 Å². The van der Waals surface area contributed by atoms with Gasteiger partial charge in [-0.15, -0.1) is 0 Å². The Hall–Kier alpha value is -2.08. The van der Waals surface area contributed by atoms with Crippen molar-refractivity contribution in [2.75, 3.05) is 19.7 Å². The second kappa shape index (κ2) is 9.38. The Bertz CT molecular complexity index is 736. The molecule has 166 valence electrons. The van der Waals surface area contributed by atoms with Gasteiger partial charge in [0.1, 0.15) is 5.75 Å². The van der Waals surface area contributed by atoms with Crippen LogP contribution in [0, 0.1) is 0 Å². The van der Waals surface area contributed by atoms with Crippen LogP contribution in [0.1, 0.15) is 76.6 Å². The summed E-state index contributed by atoms with van der Waals surface area (Å²) in [7, 11) is 0. The summed E-state index contributed by atoms with van der Waals surface area (Å²) < 4.78 is 5.82. The van der Waals surface area contributed by atoms with Crippen molar-refractivity contribution in [1.82, 2.24) is 15.5 Å². The van der Waals surface area contributed by atoms with Crippen LogP contribution < -0.4 is 15.4 Å². The van der Waals surface area contributed by atoms with Gasteiger partial charge in [0.05, 0.1) is 5.56 Å². The van der Waals surface area contributed by atoms with E-state index in [0.717, 1.165) is 38.8 Å². The highest BCUT2D eigenvalue weighted by molar-refractivity contribution is 5.97. The van der Waals surface area contributed by atoms with E-state index in [-0.39, 0.29) is 35.5 Å². The molecule has 2 fully saturated rings. The molecule has 0 aliphatic carbocycles. The molecule has 2 amide bonds. The molecular weight excluding hydrogens is 378 g/mol. The molecule has 1 aromatic carbocycles. The highest BCUT2D eigenvalue weighted by Gasteiger charge is 2.38. The number of hydrogen-bond donors (Lipinski definition) is 2. The van der Waals surface area contributed by atoms with Crippen LogP contribution >= 0.6 is 0 Å². The molecule has 30 heavy (non-hydrogen) atoms. The third kappa shape index (κ3) is 6.21. The fourth-order valence-corrected chi connectivity index (χ4v) is 5.02. The number of benzene rings is 1. The lowest BCUT2D eigenvalue weighted by Gasteiger charge is -2.46. The Labute approximate surface area is 180 Å². The lowest BCUT2D eigenvalue weighted by atomic mass is 9.79. The minimum atomic E-state index is -0.147. The van der Waals surface area contributed by atoms with Crippen molar-refractivity contribution in [3.63, 3.8) is 0 Å². The summed E-state index contributed by atoms with van der Waals surface area (Å²) in [5.74, 6) is 0.311. The summed E-state index contributed by atoms with van der Waals surface area (Å²) >= 11 is 0. The van der Waals surface area contributed by atoms with E-state index >= 15 is 0 Å². The number of nitrogens with one attached hydrogen (secondary N) is 2. The molecule has 0 saturated carbocycles. The summed E-state index contributed by atoms with van der Waals surface area (Å²) in [6.07, 6.45) is 6.18. The van der Waals surface area contributed by atoms with E-state index < -0.39 is 0 Å². The number of nitrogens with zero attached hydrogens (tertiary/aromatic N) is 1. The Kier molecular flexibility index (Phi) is 7.06.